The van der Waals surface area contributed by atoms with Crippen LogP contribution in [-0.2, 0) is 0 Å². The molecule has 104 valence electrons. The van der Waals surface area contributed by atoms with Crippen LogP contribution >= 0.6 is 0 Å². The van der Waals surface area contributed by atoms with Crippen LogP contribution in [0, 0.1) is 6.92 Å². The number of fused-ring (bicyclic) bond motifs is 1. The van der Waals surface area contributed by atoms with E-state index in [9.17, 15) is 0 Å². The number of aryl methyl sites for hydroxylation is 1. The lowest BCUT2D eigenvalue weighted by Crippen LogP contribution is -2.23. The molecule has 20 heavy (non-hydrogen) atoms. The van der Waals surface area contributed by atoms with E-state index in [-0.39, 0.29) is 12.1 Å². The third kappa shape index (κ3) is 2.47. The van der Waals surface area contributed by atoms with Gasteiger partial charge in [-0.05, 0) is 45.0 Å². The summed E-state index contributed by atoms with van der Waals surface area (Å²) in [5.74, 6) is 2.83. The van der Waals surface area contributed by atoms with Gasteiger partial charge in [-0.15, -0.1) is 0 Å². The summed E-state index contributed by atoms with van der Waals surface area (Å²) in [5.41, 5.74) is 2.07. The molecule has 0 fully saturated rings. The van der Waals surface area contributed by atoms with Crippen molar-refractivity contribution in [2.24, 2.45) is 0 Å². The molecule has 2 unspecified atom stereocenters. The summed E-state index contributed by atoms with van der Waals surface area (Å²) in [6, 6.07) is 12.3. The smallest absolute Gasteiger partial charge is 0.124 e. The fourth-order valence-corrected chi connectivity index (χ4v) is 2.40. The van der Waals surface area contributed by atoms with Gasteiger partial charge in [-0.3, -0.25) is 5.32 Å². The molecule has 0 radical (unpaired) electrons. The van der Waals surface area contributed by atoms with Crippen molar-refractivity contribution in [3.05, 3.63) is 53.7 Å². The summed E-state index contributed by atoms with van der Waals surface area (Å²) >= 11 is 0. The first kappa shape index (κ1) is 12.9. The molecule has 0 aliphatic carbocycles. The maximum absolute atomic E-state index is 5.65. The molecule has 2 atom stereocenters. The average Bonchev–Trinajstić information content (AvgIpc) is 3.04. The Bertz CT molecular complexity index is 680. The molecule has 0 aliphatic heterocycles. The molecule has 2 heterocycles. The second kappa shape index (κ2) is 5.13. The number of aromatic nitrogens is 2. The molecule has 4 heteroatoms. The quantitative estimate of drug-likeness (QED) is 0.755. The van der Waals surface area contributed by atoms with Gasteiger partial charge in [-0.25, -0.2) is 4.98 Å². The van der Waals surface area contributed by atoms with Crippen LogP contribution in [0.2, 0.25) is 0 Å². The number of imidazole rings is 1. The minimum atomic E-state index is 0.128. The van der Waals surface area contributed by atoms with Crippen LogP contribution in [-0.4, -0.2) is 9.97 Å². The van der Waals surface area contributed by atoms with Gasteiger partial charge in [0.05, 0.1) is 23.1 Å². The lowest BCUT2D eigenvalue weighted by atomic mass is 10.2. The zero-order valence-electron chi connectivity index (χ0n) is 12.0. The Labute approximate surface area is 118 Å². The topological polar surface area (TPSA) is 53.9 Å². The molecular weight excluding hydrogens is 250 g/mol. The molecule has 0 aliphatic rings. The number of rotatable bonds is 4. The normalized spacial score (nSPS) is 14.6. The Morgan fingerprint density at radius 1 is 1.10 bits per heavy atom. The highest BCUT2D eigenvalue weighted by Gasteiger charge is 2.16. The summed E-state index contributed by atoms with van der Waals surface area (Å²) in [6.45, 7) is 6.15. The highest BCUT2D eigenvalue weighted by Crippen LogP contribution is 2.21. The predicted octanol–water partition coefficient (Wildman–Crippen LogP) is 3.88. The van der Waals surface area contributed by atoms with Gasteiger partial charge in [-0.2, -0.15) is 0 Å². The first-order valence-corrected chi connectivity index (χ1v) is 6.90. The second-order valence-electron chi connectivity index (χ2n) is 5.20. The number of benzene rings is 1. The summed E-state index contributed by atoms with van der Waals surface area (Å²) in [4.78, 5) is 7.97. The van der Waals surface area contributed by atoms with Gasteiger partial charge in [-0.1, -0.05) is 12.1 Å². The Morgan fingerprint density at radius 3 is 2.60 bits per heavy atom. The third-order valence-electron chi connectivity index (χ3n) is 3.51. The third-order valence-corrected chi connectivity index (χ3v) is 3.51. The van der Waals surface area contributed by atoms with Gasteiger partial charge in [0.1, 0.15) is 17.3 Å². The maximum Gasteiger partial charge on any atom is 0.124 e. The number of aromatic amines is 1. The van der Waals surface area contributed by atoms with Gasteiger partial charge in [0.15, 0.2) is 0 Å². The monoisotopic (exact) mass is 269 g/mol. The number of nitrogens with one attached hydrogen (secondary N) is 2. The maximum atomic E-state index is 5.65. The molecule has 3 rings (SSSR count). The van der Waals surface area contributed by atoms with Crippen LogP contribution < -0.4 is 5.32 Å². The second-order valence-corrected chi connectivity index (χ2v) is 5.20. The van der Waals surface area contributed by atoms with Crippen molar-refractivity contribution in [2.75, 3.05) is 0 Å². The van der Waals surface area contributed by atoms with Crippen LogP contribution in [0.5, 0.6) is 0 Å². The van der Waals surface area contributed by atoms with E-state index in [0.29, 0.717) is 0 Å². The van der Waals surface area contributed by atoms with Crippen LogP contribution in [0.4, 0.5) is 0 Å². The SMILES string of the molecule is Cc1ccc(C(C)NC(C)c2nc3ccccc3[nH]2)o1. The largest absolute Gasteiger partial charge is 0.465 e. The van der Waals surface area contributed by atoms with Crippen molar-refractivity contribution in [1.82, 2.24) is 15.3 Å². The van der Waals surface area contributed by atoms with E-state index in [1.165, 1.54) is 0 Å². The molecule has 2 aromatic heterocycles. The van der Waals surface area contributed by atoms with E-state index >= 15 is 0 Å². The average molecular weight is 269 g/mol. The molecule has 0 spiro atoms. The molecule has 0 bridgehead atoms. The highest BCUT2D eigenvalue weighted by molar-refractivity contribution is 5.74. The molecule has 3 aromatic rings. The Balaban J connectivity index is 1.76. The van der Waals surface area contributed by atoms with Gasteiger partial charge in [0, 0.05) is 0 Å². The van der Waals surface area contributed by atoms with Crippen molar-refractivity contribution in [2.45, 2.75) is 32.9 Å². The van der Waals surface area contributed by atoms with Crippen molar-refractivity contribution in [3.63, 3.8) is 0 Å². The number of furan rings is 1. The van der Waals surface area contributed by atoms with Crippen molar-refractivity contribution >= 4 is 11.0 Å². The van der Waals surface area contributed by atoms with Gasteiger partial charge >= 0.3 is 0 Å². The van der Waals surface area contributed by atoms with E-state index in [0.717, 1.165) is 28.4 Å². The molecule has 2 N–H and O–H groups in total. The summed E-state index contributed by atoms with van der Waals surface area (Å²) in [5, 5.41) is 3.50. The highest BCUT2D eigenvalue weighted by atomic mass is 16.3. The fraction of sp³-hybridized carbons (Fsp3) is 0.312. The molecule has 0 saturated carbocycles. The van der Waals surface area contributed by atoms with E-state index in [1.54, 1.807) is 0 Å². The lowest BCUT2D eigenvalue weighted by Gasteiger charge is -2.16. The van der Waals surface area contributed by atoms with Crippen molar-refractivity contribution in [3.8, 4) is 0 Å². The molecule has 1 aromatic carbocycles. The zero-order valence-corrected chi connectivity index (χ0v) is 12.0. The zero-order chi connectivity index (χ0) is 14.1. The molecule has 0 amide bonds. The van der Waals surface area contributed by atoms with Gasteiger partial charge in [0.25, 0.3) is 0 Å². The minimum absolute atomic E-state index is 0.128. The summed E-state index contributed by atoms with van der Waals surface area (Å²) in [7, 11) is 0. The molecular formula is C16H19N3O. The van der Waals surface area contributed by atoms with E-state index < -0.39 is 0 Å². The number of nitrogens with zero attached hydrogens (tertiary/aromatic N) is 1. The van der Waals surface area contributed by atoms with Crippen LogP contribution in [0.3, 0.4) is 0 Å². The summed E-state index contributed by atoms with van der Waals surface area (Å²) in [6.07, 6.45) is 0. The predicted molar refractivity (Wildman–Crippen MR) is 79.5 cm³/mol. The number of hydrogen-bond donors (Lipinski definition) is 2. The minimum Gasteiger partial charge on any atom is -0.465 e. The number of H-pyrrole nitrogens is 1. The standard InChI is InChI=1S/C16H19N3O/c1-10-8-9-15(20-10)11(2)17-12(3)16-18-13-6-4-5-7-14(13)19-16/h4-9,11-12,17H,1-3H3,(H,18,19). The number of para-hydroxylation sites is 2. The fourth-order valence-electron chi connectivity index (χ4n) is 2.40. The van der Waals surface area contributed by atoms with E-state index in [1.807, 2.05) is 43.3 Å². The van der Waals surface area contributed by atoms with Crippen molar-refractivity contribution in [1.29, 1.82) is 0 Å². The van der Waals surface area contributed by atoms with E-state index in [2.05, 4.69) is 29.1 Å². The first-order chi connectivity index (χ1) is 9.63. The van der Waals surface area contributed by atoms with E-state index in [4.69, 9.17) is 4.42 Å². The van der Waals surface area contributed by atoms with Gasteiger partial charge in [0.2, 0.25) is 0 Å². The van der Waals surface area contributed by atoms with Crippen LogP contribution in [0.25, 0.3) is 11.0 Å². The molecule has 0 saturated heterocycles. The van der Waals surface area contributed by atoms with Crippen LogP contribution in [0.1, 0.15) is 43.3 Å². The Hall–Kier alpha value is -2.07. The lowest BCUT2D eigenvalue weighted by molar-refractivity contribution is 0.388. The van der Waals surface area contributed by atoms with Crippen molar-refractivity contribution < 1.29 is 4.42 Å². The number of hydrogen-bond acceptors (Lipinski definition) is 3. The molecule has 4 nitrogen and oxygen atoms in total. The Morgan fingerprint density at radius 2 is 1.90 bits per heavy atom. The first-order valence-electron chi connectivity index (χ1n) is 6.90. The Kier molecular flexibility index (Phi) is 3.32. The summed E-state index contributed by atoms with van der Waals surface area (Å²) < 4.78 is 5.65. The van der Waals surface area contributed by atoms with Crippen LogP contribution in [0.15, 0.2) is 40.8 Å². The van der Waals surface area contributed by atoms with Gasteiger partial charge < -0.3 is 9.40 Å².